The summed E-state index contributed by atoms with van der Waals surface area (Å²) in [4.78, 5) is 38.6. The number of nitrogens with one attached hydrogen (secondary N) is 1. The summed E-state index contributed by atoms with van der Waals surface area (Å²) in [7, 11) is 0. The van der Waals surface area contributed by atoms with Crippen LogP contribution in [0.5, 0.6) is 5.75 Å². The number of carbonyl (C=O) groups excluding carboxylic acids is 3. The molecule has 1 aliphatic heterocycles. The maximum absolute atomic E-state index is 13.1. The second-order valence-electron chi connectivity index (χ2n) is 7.62. The lowest BCUT2D eigenvalue weighted by Crippen LogP contribution is -2.36. The van der Waals surface area contributed by atoms with E-state index in [0.717, 1.165) is 17.0 Å². The molecule has 0 radical (unpaired) electrons. The van der Waals surface area contributed by atoms with E-state index < -0.39 is 35.3 Å². The van der Waals surface area contributed by atoms with Crippen LogP contribution in [0.2, 0.25) is 0 Å². The van der Waals surface area contributed by atoms with Gasteiger partial charge in [-0.1, -0.05) is 6.07 Å². The van der Waals surface area contributed by atoms with Crippen molar-refractivity contribution in [1.82, 2.24) is 9.47 Å². The van der Waals surface area contributed by atoms with Gasteiger partial charge in [0, 0.05) is 23.3 Å². The number of benzene rings is 2. The highest BCUT2D eigenvalue weighted by Crippen LogP contribution is 2.34. The molecular weight excluding hydrogens is 495 g/mol. The molecule has 1 N–H and O–H groups in total. The predicted molar refractivity (Wildman–Crippen MR) is 130 cm³/mol. The van der Waals surface area contributed by atoms with E-state index in [4.69, 9.17) is 4.74 Å². The van der Waals surface area contributed by atoms with Crippen molar-refractivity contribution in [3.63, 3.8) is 0 Å². The first kappa shape index (κ1) is 25.1. The molecule has 0 unspecified atom stereocenters. The molecule has 3 aromatic rings. The summed E-state index contributed by atoms with van der Waals surface area (Å²) >= 11 is 0.656. The minimum atomic E-state index is -4.50. The summed E-state index contributed by atoms with van der Waals surface area (Å²) in [6.07, 6.45) is -1.54. The van der Waals surface area contributed by atoms with Gasteiger partial charge in [0.05, 0.1) is 17.1 Å². The number of anilines is 1. The fraction of sp³-hybridized carbons (Fsp3) is 0.160. The van der Waals surface area contributed by atoms with Crippen molar-refractivity contribution < 1.29 is 32.3 Å². The quantitative estimate of drug-likeness (QED) is 0.416. The van der Waals surface area contributed by atoms with Gasteiger partial charge in [-0.2, -0.15) is 13.2 Å². The molecule has 2 heterocycles. The van der Waals surface area contributed by atoms with Gasteiger partial charge in [-0.15, -0.1) is 0 Å². The van der Waals surface area contributed by atoms with Crippen LogP contribution >= 0.6 is 11.8 Å². The number of hydrogen-bond acceptors (Lipinski definition) is 5. The molecular formula is C25H20F3N3O4S. The highest BCUT2D eigenvalue weighted by atomic mass is 32.2. The first-order chi connectivity index (χ1) is 17.2. The normalized spacial score (nSPS) is 15.0. The largest absolute Gasteiger partial charge is 0.494 e. The zero-order chi connectivity index (χ0) is 25.9. The average molecular weight is 516 g/mol. The fourth-order valence-electron chi connectivity index (χ4n) is 3.49. The Labute approximate surface area is 208 Å². The van der Waals surface area contributed by atoms with Gasteiger partial charge in [0.25, 0.3) is 11.1 Å². The standard InChI is InChI=1S/C25H20F3N3O4S/c1-2-35-20-10-8-17(9-11-20)29-22(32)15-31-23(33)21(36-24(31)34)14-19-7-4-12-30(19)18-6-3-5-16(13-18)25(26,27)28/h3-14H,2,15H2,1H3,(H,29,32)/b21-14+. The van der Waals surface area contributed by atoms with Crippen molar-refractivity contribution in [1.29, 1.82) is 0 Å². The molecule has 36 heavy (non-hydrogen) atoms. The molecule has 1 aromatic heterocycles. The van der Waals surface area contributed by atoms with E-state index in [1.807, 2.05) is 6.92 Å². The summed E-state index contributed by atoms with van der Waals surface area (Å²) in [5.41, 5.74) is 0.317. The Morgan fingerprint density at radius 3 is 2.53 bits per heavy atom. The molecule has 11 heteroatoms. The molecule has 1 saturated heterocycles. The zero-order valence-corrected chi connectivity index (χ0v) is 19.7. The number of thioether (sulfide) groups is 1. The Bertz CT molecular complexity index is 1330. The molecule has 1 aliphatic rings. The maximum Gasteiger partial charge on any atom is 0.416 e. The van der Waals surface area contributed by atoms with Crippen LogP contribution in [-0.4, -0.2) is 39.7 Å². The van der Waals surface area contributed by atoms with E-state index in [9.17, 15) is 27.6 Å². The molecule has 0 saturated carbocycles. The second-order valence-corrected chi connectivity index (χ2v) is 8.62. The van der Waals surface area contributed by atoms with Crippen molar-refractivity contribution in [2.75, 3.05) is 18.5 Å². The lowest BCUT2D eigenvalue weighted by Gasteiger charge is -2.13. The van der Waals surface area contributed by atoms with Crippen LogP contribution in [0.15, 0.2) is 71.8 Å². The van der Waals surface area contributed by atoms with E-state index in [0.29, 0.717) is 35.5 Å². The molecule has 0 spiro atoms. The van der Waals surface area contributed by atoms with Gasteiger partial charge in [0.1, 0.15) is 12.3 Å². The van der Waals surface area contributed by atoms with Crippen molar-refractivity contribution in [2.45, 2.75) is 13.1 Å². The molecule has 1 fully saturated rings. The summed E-state index contributed by atoms with van der Waals surface area (Å²) < 4.78 is 46.2. The number of nitrogens with zero attached hydrogens (tertiary/aromatic N) is 2. The van der Waals surface area contributed by atoms with Crippen LogP contribution in [0, 0.1) is 0 Å². The molecule has 2 aromatic carbocycles. The molecule has 3 amide bonds. The number of imide groups is 1. The first-order valence-electron chi connectivity index (χ1n) is 10.8. The van der Waals surface area contributed by atoms with E-state index in [-0.39, 0.29) is 10.6 Å². The SMILES string of the molecule is CCOc1ccc(NC(=O)CN2C(=O)S/C(=C/c3cccn3-c3cccc(C(F)(F)F)c3)C2=O)cc1. The van der Waals surface area contributed by atoms with E-state index in [1.54, 1.807) is 42.6 Å². The van der Waals surface area contributed by atoms with Gasteiger partial charge in [0.15, 0.2) is 0 Å². The van der Waals surface area contributed by atoms with Crippen LogP contribution in [-0.2, 0) is 15.8 Å². The number of halogens is 3. The molecule has 0 atom stereocenters. The average Bonchev–Trinajstić information content (AvgIpc) is 3.40. The van der Waals surface area contributed by atoms with E-state index in [1.165, 1.54) is 22.8 Å². The van der Waals surface area contributed by atoms with Crippen molar-refractivity contribution >= 4 is 40.6 Å². The zero-order valence-electron chi connectivity index (χ0n) is 18.9. The fourth-order valence-corrected chi connectivity index (χ4v) is 4.32. The van der Waals surface area contributed by atoms with Gasteiger partial charge >= 0.3 is 6.18 Å². The number of hydrogen-bond donors (Lipinski definition) is 1. The number of alkyl halides is 3. The Morgan fingerprint density at radius 2 is 1.83 bits per heavy atom. The van der Waals surface area contributed by atoms with E-state index >= 15 is 0 Å². The number of ether oxygens (including phenoxy) is 1. The summed E-state index contributed by atoms with van der Waals surface area (Å²) in [6, 6.07) is 14.6. The summed E-state index contributed by atoms with van der Waals surface area (Å²) in [5.74, 6) is -0.583. The van der Waals surface area contributed by atoms with Crippen molar-refractivity contribution in [3.8, 4) is 11.4 Å². The monoisotopic (exact) mass is 515 g/mol. The summed E-state index contributed by atoms with van der Waals surface area (Å²) in [5, 5.41) is 2.00. The smallest absolute Gasteiger partial charge is 0.416 e. The van der Waals surface area contributed by atoms with Gasteiger partial charge in [0.2, 0.25) is 5.91 Å². The van der Waals surface area contributed by atoms with Gasteiger partial charge in [-0.3, -0.25) is 19.3 Å². The van der Waals surface area contributed by atoms with E-state index in [2.05, 4.69) is 5.32 Å². The molecule has 186 valence electrons. The number of amides is 3. The molecule has 0 aliphatic carbocycles. The highest BCUT2D eigenvalue weighted by molar-refractivity contribution is 8.18. The molecule has 4 rings (SSSR count). The van der Waals surface area contributed by atoms with Crippen LogP contribution in [0.25, 0.3) is 11.8 Å². The third-order valence-electron chi connectivity index (χ3n) is 5.14. The third kappa shape index (κ3) is 5.62. The first-order valence-corrected chi connectivity index (χ1v) is 11.6. The minimum absolute atomic E-state index is 0.0563. The summed E-state index contributed by atoms with van der Waals surface area (Å²) in [6.45, 7) is 1.87. The minimum Gasteiger partial charge on any atom is -0.494 e. The van der Waals surface area contributed by atoms with Crippen molar-refractivity contribution in [3.05, 3.63) is 83.0 Å². The van der Waals surface area contributed by atoms with Crippen LogP contribution in [0.1, 0.15) is 18.2 Å². The van der Waals surface area contributed by atoms with Crippen LogP contribution in [0.4, 0.5) is 23.7 Å². The van der Waals surface area contributed by atoms with Gasteiger partial charge < -0.3 is 14.6 Å². The number of aromatic nitrogens is 1. The van der Waals surface area contributed by atoms with Crippen LogP contribution in [0.3, 0.4) is 0 Å². The van der Waals surface area contributed by atoms with Crippen LogP contribution < -0.4 is 10.1 Å². The van der Waals surface area contributed by atoms with Crippen molar-refractivity contribution in [2.24, 2.45) is 0 Å². The molecule has 0 bridgehead atoms. The Morgan fingerprint density at radius 1 is 1.08 bits per heavy atom. The van der Waals surface area contributed by atoms with Gasteiger partial charge in [-0.25, -0.2) is 0 Å². The number of carbonyl (C=O) groups is 3. The lowest BCUT2D eigenvalue weighted by molar-refractivity contribution is -0.137. The third-order valence-corrected chi connectivity index (χ3v) is 6.04. The maximum atomic E-state index is 13.1. The Hall–Kier alpha value is -3.99. The Kier molecular flexibility index (Phi) is 7.20. The second kappa shape index (κ2) is 10.3. The highest BCUT2D eigenvalue weighted by Gasteiger charge is 2.36. The lowest BCUT2D eigenvalue weighted by atomic mass is 10.2. The predicted octanol–water partition coefficient (Wildman–Crippen LogP) is 5.57. The Balaban J connectivity index is 1.48. The topological polar surface area (TPSA) is 80.6 Å². The number of rotatable bonds is 7. The molecule has 7 nitrogen and oxygen atoms in total. The van der Waals surface area contributed by atoms with Gasteiger partial charge in [-0.05, 0) is 79.4 Å².